The predicted octanol–water partition coefficient (Wildman–Crippen LogP) is 8.74. The van der Waals surface area contributed by atoms with Gasteiger partial charge in [-0.15, -0.1) is 16.9 Å². The van der Waals surface area contributed by atoms with Gasteiger partial charge in [-0.3, -0.25) is 4.98 Å². The van der Waals surface area contributed by atoms with E-state index in [1.54, 1.807) is 0 Å². The van der Waals surface area contributed by atoms with Gasteiger partial charge in [0.2, 0.25) is 0 Å². The minimum atomic E-state index is 0.0216. The zero-order chi connectivity index (χ0) is 31.7. The number of H-pyrrole nitrogens is 1. The van der Waals surface area contributed by atoms with E-state index in [4.69, 9.17) is 21.3 Å². The molecule has 46 heavy (non-hydrogen) atoms. The molecule has 1 atom stereocenters. The lowest BCUT2D eigenvalue weighted by atomic mass is 9.83. The van der Waals surface area contributed by atoms with Crippen molar-refractivity contribution in [3.63, 3.8) is 0 Å². The van der Waals surface area contributed by atoms with E-state index in [1.807, 2.05) is 48.3 Å². The van der Waals surface area contributed by atoms with Crippen molar-refractivity contribution in [2.24, 2.45) is 5.41 Å². The van der Waals surface area contributed by atoms with Crippen LogP contribution in [0.3, 0.4) is 0 Å². The van der Waals surface area contributed by atoms with Crippen LogP contribution in [-0.4, -0.2) is 35.4 Å². The van der Waals surface area contributed by atoms with E-state index in [1.165, 1.54) is 32.6 Å². The molecule has 0 aliphatic carbocycles. The molecular weight excluding hydrogens is 612 g/mol. The number of rotatable bonds is 11. The SMILES string of the molecule is CC1Cc2c(OCc3ccc(-c4ccccc4)cn3)ccc3c2c(c(CC(C)(C)CCc2nnn[nH]2)n3Cc2ccc(Cl)cc2)S1. The van der Waals surface area contributed by atoms with Crippen LogP contribution in [0.2, 0.25) is 5.02 Å². The summed E-state index contributed by atoms with van der Waals surface area (Å²) in [5.41, 5.74) is 8.34. The topological polar surface area (TPSA) is 81.5 Å². The first kappa shape index (κ1) is 30.5. The van der Waals surface area contributed by atoms with Crippen LogP contribution in [-0.2, 0) is 32.4 Å². The Labute approximate surface area is 278 Å². The Morgan fingerprint density at radius 1 is 1.00 bits per heavy atom. The van der Waals surface area contributed by atoms with Crippen molar-refractivity contribution in [1.29, 1.82) is 0 Å². The Hall–Kier alpha value is -4.14. The highest BCUT2D eigenvalue weighted by Gasteiger charge is 2.32. The van der Waals surface area contributed by atoms with Crippen molar-refractivity contribution < 1.29 is 4.74 Å². The summed E-state index contributed by atoms with van der Waals surface area (Å²) < 4.78 is 9.07. The second-order valence-corrected chi connectivity index (χ2v) is 14.8. The molecule has 3 aromatic carbocycles. The molecule has 0 saturated carbocycles. The van der Waals surface area contributed by atoms with Crippen LogP contribution in [0.5, 0.6) is 5.75 Å². The number of thioether (sulfide) groups is 1. The average Bonchev–Trinajstić information content (AvgIpc) is 3.69. The Balaban J connectivity index is 1.22. The number of benzene rings is 3. The van der Waals surface area contributed by atoms with E-state index in [0.717, 1.165) is 65.6 Å². The first-order valence-corrected chi connectivity index (χ1v) is 17.0. The van der Waals surface area contributed by atoms with E-state index in [2.05, 4.69) is 94.5 Å². The third-order valence-corrected chi connectivity index (χ3v) is 10.3. The van der Waals surface area contributed by atoms with E-state index < -0.39 is 0 Å². The Bertz CT molecular complexity index is 1940. The summed E-state index contributed by atoms with van der Waals surface area (Å²) in [5.74, 6) is 1.77. The summed E-state index contributed by atoms with van der Waals surface area (Å²) in [6.07, 6.45) is 5.58. The van der Waals surface area contributed by atoms with E-state index in [-0.39, 0.29) is 5.41 Å². The maximum absolute atomic E-state index is 6.55. The van der Waals surface area contributed by atoms with Gasteiger partial charge < -0.3 is 9.30 Å². The molecule has 1 aliphatic rings. The molecule has 0 amide bonds. The summed E-state index contributed by atoms with van der Waals surface area (Å²) >= 11 is 8.25. The average molecular weight is 649 g/mol. The van der Waals surface area contributed by atoms with Crippen molar-refractivity contribution in [2.75, 3.05) is 0 Å². The molecule has 7 nitrogen and oxygen atoms in total. The molecule has 0 fully saturated rings. The molecule has 1 N–H and O–H groups in total. The quantitative estimate of drug-likeness (QED) is 0.151. The van der Waals surface area contributed by atoms with E-state index in [9.17, 15) is 0 Å². The number of nitrogens with one attached hydrogen (secondary N) is 1. The molecule has 1 unspecified atom stereocenters. The molecule has 1 aliphatic heterocycles. The van der Waals surface area contributed by atoms with E-state index in [0.29, 0.717) is 11.9 Å². The number of halogens is 1. The van der Waals surface area contributed by atoms with Gasteiger partial charge in [-0.05, 0) is 76.6 Å². The number of aromatic amines is 1. The molecule has 234 valence electrons. The summed E-state index contributed by atoms with van der Waals surface area (Å²) in [6.45, 7) is 8.21. The molecule has 0 saturated heterocycles. The Kier molecular flexibility index (Phi) is 8.58. The second kappa shape index (κ2) is 12.9. The van der Waals surface area contributed by atoms with Gasteiger partial charge in [0.25, 0.3) is 0 Å². The number of tetrazole rings is 1. The van der Waals surface area contributed by atoms with Crippen molar-refractivity contribution >= 4 is 34.3 Å². The maximum Gasteiger partial charge on any atom is 0.148 e. The highest BCUT2D eigenvalue weighted by Crippen LogP contribution is 2.48. The Morgan fingerprint density at radius 3 is 2.57 bits per heavy atom. The normalized spacial score (nSPS) is 14.6. The fourth-order valence-electron chi connectivity index (χ4n) is 6.38. The Morgan fingerprint density at radius 2 is 1.83 bits per heavy atom. The van der Waals surface area contributed by atoms with Crippen LogP contribution in [0.4, 0.5) is 0 Å². The van der Waals surface area contributed by atoms with Crippen LogP contribution in [0, 0.1) is 5.41 Å². The van der Waals surface area contributed by atoms with Gasteiger partial charge in [-0.1, -0.05) is 80.9 Å². The van der Waals surface area contributed by atoms with Gasteiger partial charge in [-0.2, -0.15) is 0 Å². The smallest absolute Gasteiger partial charge is 0.148 e. The predicted molar refractivity (Wildman–Crippen MR) is 186 cm³/mol. The number of hydrogen-bond acceptors (Lipinski definition) is 6. The van der Waals surface area contributed by atoms with Crippen molar-refractivity contribution in [2.45, 2.75) is 69.8 Å². The fraction of sp³-hybridized carbons (Fsp3) is 0.297. The zero-order valence-electron chi connectivity index (χ0n) is 26.3. The summed E-state index contributed by atoms with van der Waals surface area (Å²) in [5, 5.41) is 17.1. The summed E-state index contributed by atoms with van der Waals surface area (Å²) in [4.78, 5) is 6.10. The van der Waals surface area contributed by atoms with Crippen LogP contribution < -0.4 is 4.74 Å². The van der Waals surface area contributed by atoms with Crippen LogP contribution >= 0.6 is 23.4 Å². The molecule has 4 heterocycles. The molecule has 3 aromatic heterocycles. The van der Waals surface area contributed by atoms with Gasteiger partial charge >= 0.3 is 0 Å². The highest BCUT2D eigenvalue weighted by molar-refractivity contribution is 8.00. The molecule has 0 spiro atoms. The monoisotopic (exact) mass is 648 g/mol. The zero-order valence-corrected chi connectivity index (χ0v) is 27.9. The lowest BCUT2D eigenvalue weighted by Crippen LogP contribution is -2.20. The van der Waals surface area contributed by atoms with Gasteiger partial charge in [0, 0.05) is 56.5 Å². The van der Waals surface area contributed by atoms with Crippen molar-refractivity contribution in [3.8, 4) is 16.9 Å². The largest absolute Gasteiger partial charge is 0.487 e. The van der Waals surface area contributed by atoms with Crippen LogP contribution in [0.25, 0.3) is 22.0 Å². The minimum absolute atomic E-state index is 0.0216. The molecule has 0 bridgehead atoms. The number of hydrogen-bond donors (Lipinski definition) is 1. The minimum Gasteiger partial charge on any atom is -0.487 e. The third kappa shape index (κ3) is 6.55. The first-order valence-electron chi connectivity index (χ1n) is 15.8. The summed E-state index contributed by atoms with van der Waals surface area (Å²) in [7, 11) is 0. The van der Waals surface area contributed by atoms with Gasteiger partial charge in [0.15, 0.2) is 0 Å². The number of nitrogens with zero attached hydrogens (tertiary/aromatic N) is 5. The second-order valence-electron chi connectivity index (χ2n) is 12.9. The van der Waals surface area contributed by atoms with E-state index >= 15 is 0 Å². The lowest BCUT2D eigenvalue weighted by Gasteiger charge is -2.27. The third-order valence-electron chi connectivity index (χ3n) is 8.80. The number of aromatic nitrogens is 6. The first-order chi connectivity index (χ1) is 22.3. The maximum atomic E-state index is 6.55. The standard InChI is InChI=1S/C37H37ClN6OS/c1-24-19-30-33(45-23-29-14-11-27(21-39-29)26-7-5-4-6-8-26)16-15-31-35(30)36(46-24)32(44(31)22-25-9-12-28(38)13-10-25)20-37(2,3)18-17-34-40-42-43-41-34/h4-16,21,24H,17-20,22-23H2,1-3H3,(H,40,41,42,43). The number of ether oxygens (including phenoxy) is 1. The van der Waals surface area contributed by atoms with Crippen molar-refractivity contribution in [1.82, 2.24) is 30.2 Å². The number of aryl methyl sites for hydroxylation is 1. The molecular formula is C37H37ClN6OS. The molecule has 9 heteroatoms. The van der Waals surface area contributed by atoms with Gasteiger partial charge in [0.05, 0.1) is 11.2 Å². The van der Waals surface area contributed by atoms with Crippen molar-refractivity contribution in [3.05, 3.63) is 118 Å². The van der Waals surface area contributed by atoms with Gasteiger partial charge in [0.1, 0.15) is 18.2 Å². The van der Waals surface area contributed by atoms with Gasteiger partial charge in [-0.25, -0.2) is 5.10 Å². The molecule has 7 rings (SSSR count). The molecule has 6 aromatic rings. The highest BCUT2D eigenvalue weighted by atomic mass is 35.5. The number of pyridine rings is 1. The molecule has 0 radical (unpaired) electrons. The fourth-order valence-corrected chi connectivity index (χ4v) is 7.82. The van der Waals surface area contributed by atoms with Crippen LogP contribution in [0.15, 0.2) is 90.0 Å². The van der Waals surface area contributed by atoms with Crippen LogP contribution in [0.1, 0.15) is 55.5 Å². The lowest BCUT2D eigenvalue weighted by molar-refractivity contribution is 0.298. The summed E-state index contributed by atoms with van der Waals surface area (Å²) in [6, 6.07) is 27.1.